The number of nitrogens with one attached hydrogen (secondary N) is 1. The van der Waals surface area contributed by atoms with Crippen molar-refractivity contribution in [1.29, 1.82) is 0 Å². The van der Waals surface area contributed by atoms with Gasteiger partial charge in [-0.25, -0.2) is 8.78 Å². The van der Waals surface area contributed by atoms with E-state index < -0.39 is 11.6 Å². The largest absolute Gasteiger partial charge is 0.423 e. The number of nitrogens with zero attached hydrogens (tertiary/aromatic N) is 3. The van der Waals surface area contributed by atoms with Crippen molar-refractivity contribution in [3.63, 3.8) is 0 Å². The number of piperidine rings is 2. The van der Waals surface area contributed by atoms with E-state index in [1.165, 1.54) is 28.9 Å². The Morgan fingerprint density at radius 3 is 2.56 bits per heavy atom. The van der Waals surface area contributed by atoms with E-state index in [0.29, 0.717) is 35.5 Å². The maximum absolute atomic E-state index is 13.7. The molecule has 3 aliphatic heterocycles. The van der Waals surface area contributed by atoms with Crippen molar-refractivity contribution in [2.24, 2.45) is 11.8 Å². The first kappa shape index (κ1) is 26.3. The molecule has 0 amide bonds. The summed E-state index contributed by atoms with van der Waals surface area (Å²) in [5.41, 5.74) is 5.17. The van der Waals surface area contributed by atoms with Crippen molar-refractivity contribution in [1.82, 2.24) is 9.88 Å². The third-order valence-electron chi connectivity index (χ3n) is 9.36. The van der Waals surface area contributed by atoms with E-state index in [1.54, 1.807) is 6.92 Å². The first-order chi connectivity index (χ1) is 18.7. The lowest BCUT2D eigenvalue weighted by Crippen LogP contribution is -2.52. The van der Waals surface area contributed by atoms with E-state index in [-0.39, 0.29) is 17.4 Å². The van der Waals surface area contributed by atoms with E-state index in [1.807, 2.05) is 0 Å². The molecule has 1 aromatic heterocycles. The lowest BCUT2D eigenvalue weighted by Gasteiger charge is -2.46. The number of β-amino-alcohol motifs (C(OH)–C–C–N with tert-alkyl or cyclic N) is 1. The molecule has 0 radical (unpaired) electrons. The molecule has 2 saturated heterocycles. The van der Waals surface area contributed by atoms with Gasteiger partial charge in [-0.15, -0.1) is 0 Å². The first-order valence-corrected chi connectivity index (χ1v) is 14.2. The topological polar surface area (TPSA) is 64.8 Å². The number of halogens is 2. The number of rotatable bonds is 5. The van der Waals surface area contributed by atoms with Gasteiger partial charge in [0.15, 0.2) is 5.76 Å². The van der Waals surface area contributed by atoms with Gasteiger partial charge in [-0.3, -0.25) is 0 Å². The summed E-state index contributed by atoms with van der Waals surface area (Å²) in [6.45, 7) is 11.4. The van der Waals surface area contributed by atoms with Gasteiger partial charge >= 0.3 is 0 Å². The zero-order valence-corrected chi connectivity index (χ0v) is 23.0. The van der Waals surface area contributed by atoms with Crippen molar-refractivity contribution in [2.45, 2.75) is 51.6 Å². The number of aliphatic hydroxyl groups excluding tert-OH is 1. The lowest BCUT2D eigenvalue weighted by atomic mass is 9.67. The number of aromatic nitrogens is 1. The molecule has 6 nitrogen and oxygen atoms in total. The van der Waals surface area contributed by atoms with Crippen LogP contribution in [0.1, 0.15) is 43.0 Å². The minimum atomic E-state index is -0.643. The van der Waals surface area contributed by atoms with Crippen LogP contribution in [-0.4, -0.2) is 60.4 Å². The monoisotopic (exact) mass is 536 g/mol. The number of benzene rings is 2. The Morgan fingerprint density at radius 1 is 1.10 bits per heavy atom. The molecule has 1 spiro atoms. The third kappa shape index (κ3) is 4.93. The highest BCUT2D eigenvalue weighted by molar-refractivity contribution is 5.63. The molecule has 3 atom stereocenters. The number of aryl methyl sites for hydroxylation is 2. The molecule has 39 heavy (non-hydrogen) atoms. The van der Waals surface area contributed by atoms with Gasteiger partial charge in [0.25, 0.3) is 6.01 Å². The number of anilines is 2. The Morgan fingerprint density at radius 2 is 1.85 bits per heavy atom. The Labute approximate surface area is 229 Å². The van der Waals surface area contributed by atoms with E-state index in [0.717, 1.165) is 58.1 Å². The van der Waals surface area contributed by atoms with E-state index in [4.69, 9.17) is 4.42 Å². The second kappa shape index (κ2) is 10.2. The van der Waals surface area contributed by atoms with Crippen molar-refractivity contribution in [3.8, 4) is 11.3 Å². The highest BCUT2D eigenvalue weighted by atomic mass is 19.1. The lowest BCUT2D eigenvalue weighted by molar-refractivity contribution is 0.0242. The molecule has 6 rings (SSSR count). The van der Waals surface area contributed by atoms with E-state index >= 15 is 0 Å². The van der Waals surface area contributed by atoms with Crippen LogP contribution in [-0.2, 0) is 5.41 Å². The zero-order valence-electron chi connectivity index (χ0n) is 23.0. The molecular formula is C31H38F2N4O2. The van der Waals surface area contributed by atoms with Crippen LogP contribution in [0, 0.1) is 37.3 Å². The minimum absolute atomic E-state index is 0.181. The molecule has 3 aliphatic rings. The molecule has 8 heteroatoms. The average Bonchev–Trinajstić information content (AvgIpc) is 3.47. The van der Waals surface area contributed by atoms with Crippen molar-refractivity contribution in [3.05, 3.63) is 64.9 Å². The van der Waals surface area contributed by atoms with Gasteiger partial charge in [0, 0.05) is 55.5 Å². The SMILES string of the molecule is Cc1ccc2c(c1)NCC21CCN(CC(O)C2CCN(c3nc(C)c(-c4cc(F)cc(F)c4)o3)CC2)C[C@H]1C. The number of likely N-dealkylation sites (tertiary alicyclic amines) is 1. The third-order valence-corrected chi connectivity index (χ3v) is 9.36. The minimum Gasteiger partial charge on any atom is -0.423 e. The second-order valence-electron chi connectivity index (χ2n) is 11.9. The summed E-state index contributed by atoms with van der Waals surface area (Å²) in [6, 6.07) is 10.6. The molecule has 2 N–H and O–H groups in total. The van der Waals surface area contributed by atoms with Crippen LogP contribution in [0.2, 0.25) is 0 Å². The van der Waals surface area contributed by atoms with Crippen LogP contribution in [0.4, 0.5) is 20.5 Å². The van der Waals surface area contributed by atoms with Crippen molar-refractivity contribution >= 4 is 11.7 Å². The molecule has 2 aromatic carbocycles. The van der Waals surface area contributed by atoms with Crippen LogP contribution in [0.3, 0.4) is 0 Å². The van der Waals surface area contributed by atoms with Gasteiger partial charge in [0.1, 0.15) is 11.6 Å². The predicted octanol–water partition coefficient (Wildman–Crippen LogP) is 5.52. The Hall–Kier alpha value is -2.97. The van der Waals surface area contributed by atoms with Crippen molar-refractivity contribution in [2.75, 3.05) is 49.5 Å². The first-order valence-electron chi connectivity index (χ1n) is 14.2. The van der Waals surface area contributed by atoms with Crippen LogP contribution in [0.25, 0.3) is 11.3 Å². The van der Waals surface area contributed by atoms with E-state index in [2.05, 4.69) is 52.1 Å². The number of hydrogen-bond donors (Lipinski definition) is 2. The van der Waals surface area contributed by atoms with Gasteiger partial charge < -0.3 is 24.6 Å². The maximum Gasteiger partial charge on any atom is 0.298 e. The number of aliphatic hydroxyl groups is 1. The van der Waals surface area contributed by atoms with Crippen LogP contribution >= 0.6 is 0 Å². The van der Waals surface area contributed by atoms with Gasteiger partial charge in [-0.05, 0) is 80.8 Å². The fourth-order valence-corrected chi connectivity index (χ4v) is 7.03. The molecule has 0 aliphatic carbocycles. The molecular weight excluding hydrogens is 498 g/mol. The molecule has 0 saturated carbocycles. The summed E-state index contributed by atoms with van der Waals surface area (Å²) in [5, 5.41) is 14.8. The Bertz CT molecular complexity index is 1330. The van der Waals surface area contributed by atoms with Gasteiger partial charge in [0.05, 0.1) is 11.8 Å². The van der Waals surface area contributed by atoms with Gasteiger partial charge in [-0.2, -0.15) is 4.98 Å². The number of fused-ring (bicyclic) bond motifs is 2. The molecule has 0 bridgehead atoms. The fourth-order valence-electron chi connectivity index (χ4n) is 7.03. The normalized spacial score (nSPS) is 24.7. The quantitative estimate of drug-likeness (QED) is 0.448. The van der Waals surface area contributed by atoms with Crippen LogP contribution in [0.15, 0.2) is 40.8 Å². The summed E-state index contributed by atoms with van der Waals surface area (Å²) < 4.78 is 33.4. The van der Waals surface area contributed by atoms with Gasteiger partial charge in [-0.1, -0.05) is 19.1 Å². The standard InChI is InChI=1S/C31H38F2N4O2/c1-19-4-5-26-27(12-19)34-18-31(26)8-11-36(16-20(31)2)17-28(38)22-6-9-37(10-7-22)30-35-21(3)29(39-30)23-13-24(32)15-25(33)14-23/h4-5,12-15,20,22,28,34,38H,6-11,16-18H2,1-3H3/t20-,28?,31?/m1/s1. The van der Waals surface area contributed by atoms with Gasteiger partial charge in [0.2, 0.25) is 0 Å². The maximum atomic E-state index is 13.7. The van der Waals surface area contributed by atoms with E-state index in [9.17, 15) is 13.9 Å². The molecule has 3 aromatic rings. The van der Waals surface area contributed by atoms with Crippen LogP contribution in [0.5, 0.6) is 0 Å². The highest BCUT2D eigenvalue weighted by Gasteiger charge is 2.46. The summed E-state index contributed by atoms with van der Waals surface area (Å²) in [7, 11) is 0. The molecule has 2 unspecified atom stereocenters. The fraction of sp³-hybridized carbons (Fsp3) is 0.516. The second-order valence-corrected chi connectivity index (χ2v) is 11.9. The summed E-state index contributed by atoms with van der Waals surface area (Å²) in [4.78, 5) is 9.05. The highest BCUT2D eigenvalue weighted by Crippen LogP contribution is 2.47. The number of oxazole rings is 1. The average molecular weight is 537 g/mol. The smallest absolute Gasteiger partial charge is 0.298 e. The summed E-state index contributed by atoms with van der Waals surface area (Å²) in [5.74, 6) is -0.175. The summed E-state index contributed by atoms with van der Waals surface area (Å²) >= 11 is 0. The molecule has 2 fully saturated rings. The Kier molecular flexibility index (Phi) is 6.88. The van der Waals surface area contributed by atoms with Crippen LogP contribution < -0.4 is 10.2 Å². The number of hydrogen-bond acceptors (Lipinski definition) is 6. The zero-order chi connectivity index (χ0) is 27.3. The molecule has 208 valence electrons. The summed E-state index contributed by atoms with van der Waals surface area (Å²) in [6.07, 6.45) is 2.42. The predicted molar refractivity (Wildman–Crippen MR) is 149 cm³/mol. The molecule has 4 heterocycles. The van der Waals surface area contributed by atoms with Crippen molar-refractivity contribution < 1.29 is 18.3 Å². The Balaban J connectivity index is 1.04.